The van der Waals surface area contributed by atoms with E-state index in [1.165, 1.54) is 0 Å². The zero-order valence-electron chi connectivity index (χ0n) is 1.73. The van der Waals surface area contributed by atoms with Crippen molar-refractivity contribution >= 4 is 0 Å². The van der Waals surface area contributed by atoms with Gasteiger partial charge in [0.25, 0.3) is 0 Å². The molecule has 0 heterocycles. The first-order valence-corrected chi connectivity index (χ1v) is 0. The standard InChI is InChI=1S/Dy.Nd.Pr.Tb. The quantitative estimate of drug-likeness (QED) is 0.365. The van der Waals surface area contributed by atoms with E-state index in [9.17, 15) is 0 Å². The summed E-state index contributed by atoms with van der Waals surface area (Å²) in [6.45, 7) is 0. The topological polar surface area (TPSA) is 0 Å². The summed E-state index contributed by atoms with van der Waals surface area (Å²) in [7, 11) is 0. The van der Waals surface area contributed by atoms with Gasteiger partial charge in [0.15, 0.2) is 0 Å². The summed E-state index contributed by atoms with van der Waals surface area (Å²) < 4.78 is 0. The largest absolute Gasteiger partial charge is 0 e. The molecule has 4 heteroatoms. The Kier molecular flexibility index (Phi) is 89.8. The molecule has 0 fully saturated rings. The normalized spacial score (nSPS) is 0. The van der Waals surface area contributed by atoms with Crippen LogP contribution in [0.4, 0.5) is 0 Å². The fraction of sp³-hybridized carbons (Fsp3) is 0. The maximum Gasteiger partial charge on any atom is 0 e. The molecule has 2 radical (unpaired) electrons. The summed E-state index contributed by atoms with van der Waals surface area (Å²) in [5, 5.41) is 0. The van der Waals surface area contributed by atoms with Gasteiger partial charge in [0.1, 0.15) is 0 Å². The van der Waals surface area contributed by atoms with Crippen molar-refractivity contribution in [1.82, 2.24) is 0 Å². The van der Waals surface area contributed by atoms with E-state index in [-0.39, 0.29) is 159 Å². The van der Waals surface area contributed by atoms with Crippen LogP contribution in [0.1, 0.15) is 0 Å². The van der Waals surface area contributed by atoms with Gasteiger partial charge in [0, 0.05) is 159 Å². The molecule has 0 atom stereocenters. The van der Waals surface area contributed by atoms with Crippen molar-refractivity contribution in [3.05, 3.63) is 0 Å². The molecule has 26 valence electrons. The Morgan fingerprint density at radius 3 is 1.00 bits per heavy atom. The van der Waals surface area contributed by atoms with Crippen molar-refractivity contribution in [3.63, 3.8) is 0 Å². The Morgan fingerprint density at radius 2 is 1.00 bits per heavy atom. The first kappa shape index (κ1) is 22.8. The number of rotatable bonds is 0. The van der Waals surface area contributed by atoms with Gasteiger partial charge in [-0.25, -0.2) is 0 Å². The third kappa shape index (κ3) is 10.3. The second kappa shape index (κ2) is 15.7. The van der Waals surface area contributed by atoms with Gasteiger partial charge in [-0.15, -0.1) is 0 Å². The molecule has 0 spiro atoms. The minimum Gasteiger partial charge on any atom is 0 e. The predicted octanol–water partition coefficient (Wildman–Crippen LogP) is 0. The van der Waals surface area contributed by atoms with Crippen molar-refractivity contribution in [3.8, 4) is 0 Å². The molecule has 0 N–H and O–H groups in total. The van der Waals surface area contributed by atoms with Gasteiger partial charge in [-0.3, -0.25) is 0 Å². The van der Waals surface area contributed by atoms with Crippen LogP contribution < -0.4 is 0 Å². The second-order valence-corrected chi connectivity index (χ2v) is 0. The Balaban J connectivity index is 0. The van der Waals surface area contributed by atoms with Crippen molar-refractivity contribution in [2.75, 3.05) is 0 Å². The van der Waals surface area contributed by atoms with E-state index in [4.69, 9.17) is 0 Å². The molecule has 0 aromatic heterocycles. The van der Waals surface area contributed by atoms with Crippen LogP contribution in [0.5, 0.6) is 0 Å². The molecule has 0 aromatic rings. The maximum atomic E-state index is 0. The Bertz CT molecular complexity index is 8.00. The molecular formula is DyNdPrTb. The summed E-state index contributed by atoms with van der Waals surface area (Å²) in [4.78, 5) is 0. The smallest absolute Gasteiger partial charge is 0 e. The molecule has 0 aliphatic carbocycles. The monoisotopic (exact) mass is 606 g/mol. The van der Waals surface area contributed by atoms with Crippen LogP contribution in [0.15, 0.2) is 0 Å². The molecule has 0 saturated carbocycles. The van der Waals surface area contributed by atoms with E-state index in [1.807, 2.05) is 0 Å². The molecule has 0 aliphatic rings. The van der Waals surface area contributed by atoms with E-state index in [0.717, 1.165) is 0 Å². The van der Waals surface area contributed by atoms with E-state index in [0.29, 0.717) is 0 Å². The van der Waals surface area contributed by atoms with Crippen LogP contribution in [-0.4, -0.2) is 0 Å². The zero-order valence-corrected chi connectivity index (χ0v) is 12.8. The van der Waals surface area contributed by atoms with Gasteiger partial charge < -0.3 is 0 Å². The van der Waals surface area contributed by atoms with Crippen LogP contribution in [0.25, 0.3) is 0 Å². The van der Waals surface area contributed by atoms with Gasteiger partial charge in [-0.05, 0) is 0 Å². The molecule has 0 saturated heterocycles. The molecule has 0 aromatic carbocycles. The first-order valence-electron chi connectivity index (χ1n) is 0. The van der Waals surface area contributed by atoms with Crippen LogP contribution in [0.3, 0.4) is 0 Å². The molecule has 0 rings (SSSR count). The van der Waals surface area contributed by atoms with Gasteiger partial charge in [0.05, 0.1) is 0 Å². The van der Waals surface area contributed by atoms with Gasteiger partial charge in [-0.2, -0.15) is 0 Å². The fourth-order valence-corrected chi connectivity index (χ4v) is 0. The predicted molar refractivity (Wildman–Crippen MR) is 0 cm³/mol. The minimum atomic E-state index is 0. The number of hydrogen-bond acceptors (Lipinski definition) is 0. The molecular weight excluding hydrogens is 607 g/mol. The van der Waals surface area contributed by atoms with Gasteiger partial charge >= 0.3 is 0 Å². The third-order valence-corrected chi connectivity index (χ3v) is 0. The average molecular weight is 607 g/mol. The molecule has 4 heavy (non-hydrogen) atoms. The summed E-state index contributed by atoms with van der Waals surface area (Å²) in [6, 6.07) is 0. The van der Waals surface area contributed by atoms with E-state index in [1.54, 1.807) is 0 Å². The van der Waals surface area contributed by atoms with Crippen molar-refractivity contribution in [2.24, 2.45) is 0 Å². The second-order valence-electron chi connectivity index (χ2n) is 0. The Morgan fingerprint density at radius 1 is 1.00 bits per heavy atom. The van der Waals surface area contributed by atoms with Crippen molar-refractivity contribution in [2.45, 2.75) is 0 Å². The average Bonchev–Trinajstić information content (AvgIpc) is 0. The van der Waals surface area contributed by atoms with E-state index < -0.39 is 0 Å². The molecule has 0 amide bonds. The van der Waals surface area contributed by atoms with Crippen molar-refractivity contribution in [1.29, 1.82) is 0 Å². The number of hydrogen-bond donors (Lipinski definition) is 0. The van der Waals surface area contributed by atoms with Crippen LogP contribution in [-0.2, 0) is 0 Å². The zero-order chi connectivity index (χ0) is 0. The summed E-state index contributed by atoms with van der Waals surface area (Å²) in [5.41, 5.74) is 0. The third-order valence-electron chi connectivity index (χ3n) is 0. The van der Waals surface area contributed by atoms with E-state index >= 15 is 0 Å². The van der Waals surface area contributed by atoms with Gasteiger partial charge in [-0.1, -0.05) is 0 Å². The van der Waals surface area contributed by atoms with Gasteiger partial charge in [0.2, 0.25) is 0 Å². The maximum absolute atomic E-state index is 0. The van der Waals surface area contributed by atoms with Crippen LogP contribution >= 0.6 is 0 Å². The van der Waals surface area contributed by atoms with Crippen LogP contribution in [0, 0.1) is 159 Å². The van der Waals surface area contributed by atoms with E-state index in [2.05, 4.69) is 0 Å². The van der Waals surface area contributed by atoms with Crippen molar-refractivity contribution < 1.29 is 159 Å². The SMILES string of the molecule is [Dy].[Nd].[Pr].[Tb]. The minimum absolute atomic E-state index is 0. The van der Waals surface area contributed by atoms with Crippen LogP contribution in [0.2, 0.25) is 0 Å². The summed E-state index contributed by atoms with van der Waals surface area (Å²) in [6.07, 6.45) is 0. The molecule has 0 nitrogen and oxygen atoms in total. The Hall–Kier alpha value is 5.27. The Labute approximate surface area is 153 Å². The summed E-state index contributed by atoms with van der Waals surface area (Å²) >= 11 is 0. The first-order chi connectivity index (χ1) is 0. The summed E-state index contributed by atoms with van der Waals surface area (Å²) in [5.74, 6) is 0. The molecule has 0 bridgehead atoms. The molecule has 0 aliphatic heterocycles. The molecule has 0 unspecified atom stereocenters. The fourth-order valence-electron chi connectivity index (χ4n) is 0.